The van der Waals surface area contributed by atoms with Gasteiger partial charge < -0.3 is 10.2 Å². The second-order valence-corrected chi connectivity index (χ2v) is 4.30. The van der Waals surface area contributed by atoms with Gasteiger partial charge in [0.1, 0.15) is 5.82 Å². The summed E-state index contributed by atoms with van der Waals surface area (Å²) in [5.41, 5.74) is 1.92. The van der Waals surface area contributed by atoms with Crippen LogP contribution in [0.3, 0.4) is 0 Å². The van der Waals surface area contributed by atoms with Crippen molar-refractivity contribution in [3.8, 4) is 0 Å². The van der Waals surface area contributed by atoms with Crippen LogP contribution in [-0.4, -0.2) is 19.6 Å². The fourth-order valence-corrected chi connectivity index (χ4v) is 1.51. The highest BCUT2D eigenvalue weighted by Crippen LogP contribution is 2.19. The summed E-state index contributed by atoms with van der Waals surface area (Å²) >= 11 is 0. The third-order valence-electron chi connectivity index (χ3n) is 2.70. The molecule has 0 aliphatic carbocycles. The first-order chi connectivity index (χ1) is 7.54. The van der Waals surface area contributed by atoms with Crippen LogP contribution in [0, 0.1) is 5.82 Å². The first-order valence-electron chi connectivity index (χ1n) is 5.77. The Bertz CT molecular complexity index is 337. The van der Waals surface area contributed by atoms with Gasteiger partial charge in [0.15, 0.2) is 0 Å². The van der Waals surface area contributed by atoms with E-state index >= 15 is 0 Å². The Labute approximate surface area is 97.5 Å². The molecule has 0 aromatic heterocycles. The van der Waals surface area contributed by atoms with Gasteiger partial charge in [-0.3, -0.25) is 0 Å². The van der Waals surface area contributed by atoms with Gasteiger partial charge in [0.2, 0.25) is 0 Å². The molecule has 0 aliphatic rings. The molecular formula is C13H21FN2. The van der Waals surface area contributed by atoms with Gasteiger partial charge in [0, 0.05) is 25.3 Å². The molecule has 1 aromatic rings. The molecule has 0 saturated carbocycles. The van der Waals surface area contributed by atoms with Crippen molar-refractivity contribution in [2.75, 3.05) is 18.5 Å². The minimum Gasteiger partial charge on any atom is -0.372 e. The summed E-state index contributed by atoms with van der Waals surface area (Å²) in [7, 11) is 1.98. The normalized spacial score (nSPS) is 10.9. The lowest BCUT2D eigenvalue weighted by Crippen LogP contribution is -2.26. The molecule has 0 aliphatic heterocycles. The Morgan fingerprint density at radius 1 is 1.31 bits per heavy atom. The largest absolute Gasteiger partial charge is 0.372 e. The summed E-state index contributed by atoms with van der Waals surface area (Å²) in [4.78, 5) is 2.07. The SMILES string of the molecule is CCNCc1cc(F)cc(N(C)C(C)C)c1. The Morgan fingerprint density at radius 3 is 2.56 bits per heavy atom. The highest BCUT2D eigenvalue weighted by atomic mass is 19.1. The maximum Gasteiger partial charge on any atom is 0.125 e. The van der Waals surface area contributed by atoms with Gasteiger partial charge in [-0.15, -0.1) is 0 Å². The maximum absolute atomic E-state index is 13.4. The Balaban J connectivity index is 2.89. The van der Waals surface area contributed by atoms with Crippen LogP contribution in [0.1, 0.15) is 26.3 Å². The number of rotatable bonds is 5. The summed E-state index contributed by atoms with van der Waals surface area (Å²) in [5.74, 6) is -0.169. The molecule has 0 fully saturated rings. The number of anilines is 1. The molecule has 0 bridgehead atoms. The van der Waals surface area contributed by atoms with Gasteiger partial charge in [-0.05, 0) is 44.2 Å². The monoisotopic (exact) mass is 224 g/mol. The van der Waals surface area contributed by atoms with E-state index in [2.05, 4.69) is 24.1 Å². The van der Waals surface area contributed by atoms with Crippen molar-refractivity contribution in [2.24, 2.45) is 0 Å². The topological polar surface area (TPSA) is 15.3 Å². The van der Waals surface area contributed by atoms with Gasteiger partial charge in [-0.25, -0.2) is 4.39 Å². The molecule has 2 nitrogen and oxygen atoms in total. The molecule has 0 atom stereocenters. The third-order valence-corrected chi connectivity index (χ3v) is 2.70. The lowest BCUT2D eigenvalue weighted by Gasteiger charge is -2.24. The van der Waals surface area contributed by atoms with E-state index in [9.17, 15) is 4.39 Å². The minimum atomic E-state index is -0.169. The van der Waals surface area contributed by atoms with E-state index in [-0.39, 0.29) is 5.82 Å². The number of benzene rings is 1. The van der Waals surface area contributed by atoms with Gasteiger partial charge >= 0.3 is 0 Å². The van der Waals surface area contributed by atoms with Crippen molar-refractivity contribution in [3.05, 3.63) is 29.6 Å². The standard InChI is InChI=1S/C13H21FN2/c1-5-15-9-11-6-12(14)8-13(7-11)16(4)10(2)3/h6-8,10,15H,5,9H2,1-4H3. The molecule has 3 heteroatoms. The van der Waals surface area contributed by atoms with Crippen LogP contribution in [0.2, 0.25) is 0 Å². The second kappa shape index (κ2) is 5.85. The van der Waals surface area contributed by atoms with Crippen LogP contribution in [-0.2, 0) is 6.54 Å². The van der Waals surface area contributed by atoms with Gasteiger partial charge in [0.25, 0.3) is 0 Å². The highest BCUT2D eigenvalue weighted by molar-refractivity contribution is 5.49. The van der Waals surface area contributed by atoms with Crippen LogP contribution in [0.5, 0.6) is 0 Å². The maximum atomic E-state index is 13.4. The van der Waals surface area contributed by atoms with E-state index < -0.39 is 0 Å². The predicted octanol–water partition coefficient (Wildman–Crippen LogP) is 2.78. The summed E-state index contributed by atoms with van der Waals surface area (Å²) < 4.78 is 13.4. The van der Waals surface area contributed by atoms with E-state index in [1.165, 1.54) is 0 Å². The Hall–Kier alpha value is -1.09. The number of halogens is 1. The first kappa shape index (κ1) is 13.0. The number of nitrogens with zero attached hydrogens (tertiary/aromatic N) is 1. The summed E-state index contributed by atoms with van der Waals surface area (Å²) in [5, 5.41) is 3.20. The first-order valence-corrected chi connectivity index (χ1v) is 5.77. The van der Waals surface area contributed by atoms with Gasteiger partial charge in [0.05, 0.1) is 0 Å². The molecule has 90 valence electrons. The van der Waals surface area contributed by atoms with E-state index in [4.69, 9.17) is 0 Å². The fourth-order valence-electron chi connectivity index (χ4n) is 1.51. The third kappa shape index (κ3) is 3.49. The molecule has 1 N–H and O–H groups in total. The summed E-state index contributed by atoms with van der Waals surface area (Å²) in [6, 6.07) is 5.57. The van der Waals surface area contributed by atoms with Crippen molar-refractivity contribution >= 4 is 5.69 Å². The van der Waals surface area contributed by atoms with Gasteiger partial charge in [-0.2, -0.15) is 0 Å². The molecule has 0 amide bonds. The van der Waals surface area contributed by atoms with Crippen molar-refractivity contribution in [3.63, 3.8) is 0 Å². The van der Waals surface area contributed by atoms with Gasteiger partial charge in [-0.1, -0.05) is 6.92 Å². The lowest BCUT2D eigenvalue weighted by atomic mass is 10.1. The van der Waals surface area contributed by atoms with E-state index in [1.54, 1.807) is 12.1 Å². The van der Waals surface area contributed by atoms with Crippen molar-refractivity contribution in [1.29, 1.82) is 0 Å². The zero-order chi connectivity index (χ0) is 12.1. The zero-order valence-electron chi connectivity index (χ0n) is 10.5. The minimum absolute atomic E-state index is 0.169. The van der Waals surface area contributed by atoms with E-state index in [1.807, 2.05) is 20.0 Å². The van der Waals surface area contributed by atoms with E-state index in [0.29, 0.717) is 12.6 Å². The average Bonchev–Trinajstić information content (AvgIpc) is 2.24. The van der Waals surface area contributed by atoms with E-state index in [0.717, 1.165) is 17.8 Å². The molecule has 0 unspecified atom stereocenters. The Morgan fingerprint density at radius 2 is 2.00 bits per heavy atom. The molecule has 0 spiro atoms. The molecule has 0 radical (unpaired) electrons. The lowest BCUT2D eigenvalue weighted by molar-refractivity contribution is 0.619. The molecule has 16 heavy (non-hydrogen) atoms. The molecule has 1 rings (SSSR count). The molecule has 1 aromatic carbocycles. The van der Waals surface area contributed by atoms with Crippen molar-refractivity contribution in [2.45, 2.75) is 33.4 Å². The van der Waals surface area contributed by atoms with Crippen molar-refractivity contribution in [1.82, 2.24) is 5.32 Å². The number of hydrogen-bond acceptors (Lipinski definition) is 2. The number of nitrogens with one attached hydrogen (secondary N) is 1. The second-order valence-electron chi connectivity index (χ2n) is 4.30. The van der Waals surface area contributed by atoms with Crippen LogP contribution in [0.15, 0.2) is 18.2 Å². The van der Waals surface area contributed by atoms with Crippen LogP contribution < -0.4 is 10.2 Å². The quantitative estimate of drug-likeness (QED) is 0.827. The van der Waals surface area contributed by atoms with Crippen molar-refractivity contribution < 1.29 is 4.39 Å². The average molecular weight is 224 g/mol. The van der Waals surface area contributed by atoms with Crippen LogP contribution in [0.4, 0.5) is 10.1 Å². The molecule has 0 heterocycles. The number of hydrogen-bond donors (Lipinski definition) is 1. The van der Waals surface area contributed by atoms with Crippen LogP contribution >= 0.6 is 0 Å². The smallest absolute Gasteiger partial charge is 0.125 e. The predicted molar refractivity (Wildman–Crippen MR) is 67.3 cm³/mol. The molecule has 0 saturated heterocycles. The Kier molecular flexibility index (Phi) is 4.74. The highest BCUT2D eigenvalue weighted by Gasteiger charge is 2.07. The summed E-state index contributed by atoms with van der Waals surface area (Å²) in [6.45, 7) is 7.84. The molecular weight excluding hydrogens is 203 g/mol. The summed E-state index contributed by atoms with van der Waals surface area (Å²) in [6.07, 6.45) is 0. The zero-order valence-corrected chi connectivity index (χ0v) is 10.5. The fraction of sp³-hybridized carbons (Fsp3) is 0.538. The van der Waals surface area contributed by atoms with Crippen LogP contribution in [0.25, 0.3) is 0 Å².